The molecule has 0 bridgehead atoms. The molecule has 7 rings (SSSR count). The highest BCUT2D eigenvalue weighted by molar-refractivity contribution is 6.08. The van der Waals surface area contributed by atoms with Crippen LogP contribution in [0.4, 0.5) is 22.9 Å². The van der Waals surface area contributed by atoms with E-state index in [1.807, 2.05) is 0 Å². The lowest BCUT2D eigenvalue weighted by molar-refractivity contribution is 0.0639. The second-order valence-electron chi connectivity index (χ2n) is 13.8. The van der Waals surface area contributed by atoms with Gasteiger partial charge in [-0.1, -0.05) is 0 Å². The van der Waals surface area contributed by atoms with E-state index in [2.05, 4.69) is 42.2 Å². The number of anilines is 4. The number of aliphatic hydroxyl groups is 2. The Morgan fingerprint density at radius 3 is 1.91 bits per heavy atom. The first-order valence-electron chi connectivity index (χ1n) is 18.2. The Kier molecular flexibility index (Phi) is 10.8. The molecule has 5 amide bonds. The van der Waals surface area contributed by atoms with Gasteiger partial charge in [0.05, 0.1) is 23.5 Å². The van der Waals surface area contributed by atoms with Gasteiger partial charge >= 0.3 is 0 Å². The van der Waals surface area contributed by atoms with Crippen LogP contribution in [0.25, 0.3) is 0 Å². The number of carbonyl (C=O) groups is 5. The zero-order chi connectivity index (χ0) is 41.2. The van der Waals surface area contributed by atoms with Crippen LogP contribution in [0.2, 0.25) is 0 Å². The molecule has 2 atom stereocenters. The Bertz CT molecular complexity index is 2450. The van der Waals surface area contributed by atoms with Crippen molar-refractivity contribution in [2.24, 2.45) is 28.2 Å². The van der Waals surface area contributed by atoms with Crippen molar-refractivity contribution in [1.82, 2.24) is 43.8 Å². The van der Waals surface area contributed by atoms with E-state index in [4.69, 9.17) is 4.74 Å². The number of fused-ring (bicyclic) bond motifs is 1. The number of rotatable bonds is 14. The number of nitrogens with one attached hydrogen (secondary N) is 7. The molecule has 0 spiro atoms. The number of carbonyl (C=O) groups excluding carboxylic acids is 5. The zero-order valence-electron chi connectivity index (χ0n) is 32.0. The summed E-state index contributed by atoms with van der Waals surface area (Å²) in [4.78, 5) is 68.9. The average molecular weight is 798 g/mol. The SMILES string of the molecule is Cn1cc(NC(=O)c2cc(NC(=O)c3cc(NC(=O)c4cccn4C)cn3C)cn2C)cc1C(=O)NCCCNC1NC(=O)c2ncn([C@H]3CC(O)=C(CO)O3)c2N1. The summed E-state index contributed by atoms with van der Waals surface area (Å²) in [7, 11) is 6.79. The molecule has 5 aromatic rings. The predicted octanol–water partition coefficient (Wildman–Crippen LogP) is 1.52. The maximum Gasteiger partial charge on any atom is 0.276 e. The number of imidazole rings is 1. The minimum atomic E-state index is -0.677. The van der Waals surface area contributed by atoms with Gasteiger partial charge < -0.3 is 65.1 Å². The van der Waals surface area contributed by atoms with E-state index < -0.39 is 36.8 Å². The summed E-state index contributed by atoms with van der Waals surface area (Å²) in [6.07, 6.45) is 7.31. The molecule has 0 radical (unpaired) electrons. The van der Waals surface area contributed by atoms with Gasteiger partial charge in [-0.25, -0.2) is 4.98 Å². The van der Waals surface area contributed by atoms with Crippen molar-refractivity contribution in [3.63, 3.8) is 0 Å². The number of hydrogen-bond acceptors (Lipinski definition) is 11. The Morgan fingerprint density at radius 2 is 1.38 bits per heavy atom. The van der Waals surface area contributed by atoms with Crippen molar-refractivity contribution in [3.8, 4) is 0 Å². The molecule has 7 heterocycles. The number of aliphatic hydroxyl groups excluding tert-OH is 2. The molecule has 0 saturated heterocycles. The smallest absolute Gasteiger partial charge is 0.276 e. The largest absolute Gasteiger partial charge is 0.508 e. The van der Waals surface area contributed by atoms with Crippen LogP contribution in [0.3, 0.4) is 0 Å². The lowest BCUT2D eigenvalue weighted by atomic mass is 10.3. The van der Waals surface area contributed by atoms with Crippen LogP contribution >= 0.6 is 0 Å². The van der Waals surface area contributed by atoms with Crippen molar-refractivity contribution in [2.45, 2.75) is 25.4 Å². The molecule has 5 aromatic heterocycles. The number of ether oxygens (including phenoxy) is 1. The lowest BCUT2D eigenvalue weighted by Gasteiger charge is -2.28. The van der Waals surface area contributed by atoms with Gasteiger partial charge in [0.15, 0.2) is 24.0 Å². The van der Waals surface area contributed by atoms with Crippen LogP contribution in [0.1, 0.15) is 71.5 Å². The third kappa shape index (κ3) is 8.01. The summed E-state index contributed by atoms with van der Waals surface area (Å²) in [6.45, 7) is 0.260. The molecule has 0 saturated carbocycles. The summed E-state index contributed by atoms with van der Waals surface area (Å²) < 4.78 is 13.6. The Labute approximate surface area is 330 Å². The van der Waals surface area contributed by atoms with Crippen molar-refractivity contribution in [1.29, 1.82) is 0 Å². The highest BCUT2D eigenvalue weighted by atomic mass is 16.5. The molecule has 21 nitrogen and oxygen atoms in total. The van der Waals surface area contributed by atoms with Crippen molar-refractivity contribution in [3.05, 3.63) is 101 Å². The fourth-order valence-electron chi connectivity index (χ4n) is 6.69. The predicted molar refractivity (Wildman–Crippen MR) is 209 cm³/mol. The fourth-order valence-corrected chi connectivity index (χ4v) is 6.69. The standard InChI is InChI=1S/C37H43N13O8/c1-46-10-5-7-23(46)33(54)41-21-12-25(48(3)16-21)35(56)43-22-13-26(49(4)17-22)34(55)42-20-11-24(47(2)15-20)32(53)38-8-6-9-39-37-44-31-30(36(57)45-37)40-19-50(31)29-14-27(52)28(18-51)58-29/h5,7,10-13,15-17,19,29,37,39,44,51-52H,6,8-9,14,18H2,1-4H3,(H,38,53)(H,41,54)(H,42,55)(H,43,56)(H,45,57)/t29-,37?/m1/s1. The fraction of sp³-hybridized carbons (Fsp3) is 0.297. The second-order valence-corrected chi connectivity index (χ2v) is 13.8. The molecule has 2 aliphatic heterocycles. The maximum absolute atomic E-state index is 13.3. The molecule has 1 unspecified atom stereocenters. The lowest BCUT2D eigenvalue weighted by Crippen LogP contribution is -2.54. The monoisotopic (exact) mass is 797 g/mol. The molecular weight excluding hydrogens is 754 g/mol. The molecule has 9 N–H and O–H groups in total. The third-order valence-corrected chi connectivity index (χ3v) is 9.64. The number of hydrogen-bond donors (Lipinski definition) is 9. The van der Waals surface area contributed by atoms with Gasteiger partial charge in [0.2, 0.25) is 0 Å². The minimum absolute atomic E-state index is 0.0675. The highest BCUT2D eigenvalue weighted by Gasteiger charge is 2.34. The van der Waals surface area contributed by atoms with E-state index in [1.165, 1.54) is 12.4 Å². The van der Waals surface area contributed by atoms with Gasteiger partial charge in [-0.3, -0.25) is 33.9 Å². The van der Waals surface area contributed by atoms with Crippen molar-refractivity contribution >= 4 is 52.4 Å². The third-order valence-electron chi connectivity index (χ3n) is 9.64. The molecule has 0 fully saturated rings. The normalized spacial score (nSPS) is 16.0. The van der Waals surface area contributed by atoms with Gasteiger partial charge in [-0.2, -0.15) is 0 Å². The second kappa shape index (κ2) is 16.1. The van der Waals surface area contributed by atoms with E-state index in [-0.39, 0.29) is 46.8 Å². The van der Waals surface area contributed by atoms with E-state index in [0.717, 1.165) is 0 Å². The first-order chi connectivity index (χ1) is 27.8. The van der Waals surface area contributed by atoms with Crippen LogP contribution in [0, 0.1) is 0 Å². The van der Waals surface area contributed by atoms with Crippen molar-refractivity contribution < 1.29 is 38.9 Å². The van der Waals surface area contributed by atoms with Crippen LogP contribution in [-0.2, 0) is 32.9 Å². The van der Waals surface area contributed by atoms with E-state index in [9.17, 15) is 34.2 Å². The Morgan fingerprint density at radius 1 is 0.810 bits per heavy atom. The summed E-state index contributed by atoms with van der Waals surface area (Å²) in [6, 6.07) is 8.09. The topological polar surface area (TPSA) is 257 Å². The summed E-state index contributed by atoms with van der Waals surface area (Å²) in [5, 5.41) is 39.7. The molecule has 0 aliphatic carbocycles. The number of nitrogens with zero attached hydrogens (tertiary/aromatic N) is 6. The van der Waals surface area contributed by atoms with Gasteiger partial charge in [0.1, 0.15) is 47.3 Å². The number of amides is 5. The molecule has 304 valence electrons. The summed E-state index contributed by atoms with van der Waals surface area (Å²) in [5.74, 6) is -1.59. The first kappa shape index (κ1) is 39.0. The molecule has 0 aromatic carbocycles. The first-order valence-corrected chi connectivity index (χ1v) is 18.2. The minimum Gasteiger partial charge on any atom is -0.508 e. The highest BCUT2D eigenvalue weighted by Crippen LogP contribution is 2.34. The molecule has 2 aliphatic rings. The molecular formula is C37H43N13O8. The van der Waals surface area contributed by atoms with Crippen LogP contribution in [0.15, 0.2) is 73.0 Å². The van der Waals surface area contributed by atoms with Crippen molar-refractivity contribution in [2.75, 3.05) is 41.0 Å². The summed E-state index contributed by atoms with van der Waals surface area (Å²) >= 11 is 0. The van der Waals surface area contributed by atoms with E-state index >= 15 is 0 Å². The van der Waals surface area contributed by atoms with Crippen LogP contribution < -0.4 is 37.2 Å². The van der Waals surface area contributed by atoms with Gasteiger partial charge in [-0.15, -0.1) is 0 Å². The van der Waals surface area contributed by atoms with Crippen LogP contribution in [-0.4, -0.2) is 93.6 Å². The van der Waals surface area contributed by atoms with E-state index in [0.29, 0.717) is 53.8 Å². The quantitative estimate of drug-likeness (QED) is 0.0729. The number of aromatic nitrogens is 6. The molecule has 58 heavy (non-hydrogen) atoms. The summed E-state index contributed by atoms with van der Waals surface area (Å²) in [5.41, 5.74) is 2.69. The van der Waals surface area contributed by atoms with Crippen LogP contribution in [0.5, 0.6) is 0 Å². The van der Waals surface area contributed by atoms with Gasteiger partial charge in [0.25, 0.3) is 29.5 Å². The number of aryl methyl sites for hydroxylation is 4. The average Bonchev–Trinajstić information content (AvgIpc) is 4.04. The Balaban J connectivity index is 0.870. The zero-order valence-corrected chi connectivity index (χ0v) is 32.0. The van der Waals surface area contributed by atoms with Gasteiger partial charge in [0, 0.05) is 66.1 Å². The molecule has 21 heteroatoms. The Hall–Kier alpha value is -7.26. The van der Waals surface area contributed by atoms with Gasteiger partial charge in [-0.05, 0) is 36.8 Å². The maximum atomic E-state index is 13.3. The van der Waals surface area contributed by atoms with E-state index in [1.54, 1.807) is 100 Å².